The van der Waals surface area contributed by atoms with E-state index in [1.807, 2.05) is 84.9 Å². The summed E-state index contributed by atoms with van der Waals surface area (Å²) < 4.78 is 7.45. The van der Waals surface area contributed by atoms with Crippen LogP contribution >= 0.6 is 11.8 Å². The number of amides is 1. The topological polar surface area (TPSA) is 46.8 Å². The number of hydrogen-bond acceptors (Lipinski definition) is 4. The van der Waals surface area contributed by atoms with E-state index >= 15 is 0 Å². The molecule has 5 rings (SSSR count). The van der Waals surface area contributed by atoms with Gasteiger partial charge in [-0.3, -0.25) is 9.69 Å². The maximum absolute atomic E-state index is 13.6. The van der Waals surface area contributed by atoms with Crippen LogP contribution in [0.15, 0.2) is 107 Å². The van der Waals surface area contributed by atoms with Crippen LogP contribution in [0.1, 0.15) is 17.0 Å². The zero-order valence-corrected chi connectivity index (χ0v) is 21.1. The molecule has 1 aromatic heterocycles. The summed E-state index contributed by atoms with van der Waals surface area (Å²) in [5, 5.41) is 0.702. The monoisotopic (exact) mass is 493 g/mol. The van der Waals surface area contributed by atoms with E-state index in [1.54, 1.807) is 12.0 Å². The highest BCUT2D eigenvalue weighted by atomic mass is 32.2. The van der Waals surface area contributed by atoms with Crippen molar-refractivity contribution < 1.29 is 9.53 Å². The normalized spacial score (nSPS) is 15.7. The molecule has 1 amide bonds. The van der Waals surface area contributed by atoms with Crippen LogP contribution in [0.3, 0.4) is 0 Å². The van der Waals surface area contributed by atoms with Crippen molar-refractivity contribution >= 4 is 34.6 Å². The molecule has 1 aliphatic rings. The van der Waals surface area contributed by atoms with Gasteiger partial charge < -0.3 is 9.30 Å². The molecular formula is C30H27N3O2S. The Morgan fingerprint density at radius 2 is 1.58 bits per heavy atom. The van der Waals surface area contributed by atoms with Crippen molar-refractivity contribution in [1.29, 1.82) is 0 Å². The molecule has 36 heavy (non-hydrogen) atoms. The van der Waals surface area contributed by atoms with Crippen molar-refractivity contribution in [2.75, 3.05) is 13.7 Å². The number of para-hydroxylation sites is 1. The molecule has 5 nitrogen and oxygen atoms in total. The van der Waals surface area contributed by atoms with Crippen LogP contribution in [0.4, 0.5) is 5.69 Å². The lowest BCUT2D eigenvalue weighted by atomic mass is 10.1. The molecule has 0 spiro atoms. The van der Waals surface area contributed by atoms with Crippen LogP contribution in [0, 0.1) is 6.92 Å². The van der Waals surface area contributed by atoms with Gasteiger partial charge in [0.15, 0.2) is 5.17 Å². The van der Waals surface area contributed by atoms with Gasteiger partial charge in [0.2, 0.25) is 0 Å². The molecule has 4 aromatic rings. The van der Waals surface area contributed by atoms with Gasteiger partial charge in [0.1, 0.15) is 5.75 Å². The first-order valence-corrected chi connectivity index (χ1v) is 12.7. The minimum Gasteiger partial charge on any atom is -0.497 e. The summed E-state index contributed by atoms with van der Waals surface area (Å²) in [6, 6.07) is 32.0. The third-order valence-corrected chi connectivity index (χ3v) is 7.06. The lowest BCUT2D eigenvalue weighted by Gasteiger charge is -2.15. The predicted octanol–water partition coefficient (Wildman–Crippen LogP) is 6.64. The number of ether oxygens (including phenoxy) is 1. The van der Waals surface area contributed by atoms with Crippen LogP contribution in [-0.2, 0) is 11.2 Å². The Morgan fingerprint density at radius 3 is 2.28 bits per heavy atom. The Balaban J connectivity index is 1.48. The summed E-state index contributed by atoms with van der Waals surface area (Å²) in [4.78, 5) is 20.9. The molecule has 0 bridgehead atoms. The SMILES string of the molecule is COc1ccc(-n2c(C)ccc2/C=C2\SC(=Nc3ccccc3)N(CCc3ccccc3)C2=O)cc1. The Hall–Kier alpha value is -4.03. The van der Waals surface area contributed by atoms with Crippen molar-refractivity contribution in [2.45, 2.75) is 13.3 Å². The molecule has 0 aliphatic carbocycles. The van der Waals surface area contributed by atoms with Crippen LogP contribution < -0.4 is 4.74 Å². The van der Waals surface area contributed by atoms with E-state index in [2.05, 4.69) is 29.7 Å². The molecule has 180 valence electrons. The van der Waals surface area contributed by atoms with E-state index in [-0.39, 0.29) is 5.91 Å². The fraction of sp³-hybridized carbons (Fsp3) is 0.133. The summed E-state index contributed by atoms with van der Waals surface area (Å²) in [7, 11) is 1.66. The number of hydrogen-bond donors (Lipinski definition) is 0. The maximum Gasteiger partial charge on any atom is 0.266 e. The first kappa shape index (κ1) is 23.7. The second-order valence-corrected chi connectivity index (χ2v) is 9.48. The van der Waals surface area contributed by atoms with Gasteiger partial charge in [-0.05, 0) is 85.3 Å². The molecule has 1 fully saturated rings. The Labute approximate surface area is 215 Å². The summed E-state index contributed by atoms with van der Waals surface area (Å²) in [6.45, 7) is 2.63. The fourth-order valence-electron chi connectivity index (χ4n) is 4.18. The molecule has 2 heterocycles. The zero-order valence-electron chi connectivity index (χ0n) is 20.3. The van der Waals surface area contributed by atoms with Gasteiger partial charge in [0.25, 0.3) is 5.91 Å². The van der Waals surface area contributed by atoms with Crippen molar-refractivity contribution in [3.63, 3.8) is 0 Å². The summed E-state index contributed by atoms with van der Waals surface area (Å²) in [5.74, 6) is 0.784. The Kier molecular flexibility index (Phi) is 7.05. The van der Waals surface area contributed by atoms with Gasteiger partial charge >= 0.3 is 0 Å². The van der Waals surface area contributed by atoms with Crippen LogP contribution in [0.2, 0.25) is 0 Å². The molecule has 0 radical (unpaired) electrons. The number of carbonyl (C=O) groups excluding carboxylic acids is 1. The van der Waals surface area contributed by atoms with E-state index in [4.69, 9.17) is 9.73 Å². The van der Waals surface area contributed by atoms with Crippen molar-refractivity contribution in [1.82, 2.24) is 9.47 Å². The highest BCUT2D eigenvalue weighted by molar-refractivity contribution is 8.18. The Bertz CT molecular complexity index is 1410. The largest absolute Gasteiger partial charge is 0.497 e. The van der Waals surface area contributed by atoms with E-state index in [9.17, 15) is 4.79 Å². The molecule has 3 aromatic carbocycles. The van der Waals surface area contributed by atoms with Crippen LogP contribution in [-0.4, -0.2) is 34.2 Å². The molecule has 0 N–H and O–H groups in total. The lowest BCUT2D eigenvalue weighted by Crippen LogP contribution is -2.31. The quantitative estimate of drug-likeness (QED) is 0.271. The highest BCUT2D eigenvalue weighted by Gasteiger charge is 2.33. The first-order chi connectivity index (χ1) is 17.6. The molecule has 0 saturated carbocycles. The number of carbonyl (C=O) groups is 1. The second-order valence-electron chi connectivity index (χ2n) is 8.47. The summed E-state index contributed by atoms with van der Waals surface area (Å²) in [6.07, 6.45) is 2.73. The van der Waals surface area contributed by atoms with E-state index in [1.165, 1.54) is 17.3 Å². The standard InChI is InChI=1S/C30H27N3O2S/c1-22-13-14-26(33(22)25-15-17-27(35-2)18-16-25)21-28-29(34)32(20-19-23-9-5-3-6-10-23)30(36-28)31-24-11-7-4-8-12-24/h3-18,21H,19-20H2,1-2H3/b28-21-,31-30?. The number of aromatic nitrogens is 1. The second kappa shape index (κ2) is 10.7. The summed E-state index contributed by atoms with van der Waals surface area (Å²) in [5.41, 5.74) is 5.06. The molecule has 0 atom stereocenters. The zero-order chi connectivity index (χ0) is 24.9. The van der Waals surface area contributed by atoms with E-state index in [0.29, 0.717) is 16.6 Å². The molecule has 1 saturated heterocycles. The molecule has 6 heteroatoms. The lowest BCUT2D eigenvalue weighted by molar-refractivity contribution is -0.122. The third kappa shape index (κ3) is 5.14. The van der Waals surface area contributed by atoms with Crippen LogP contribution in [0.25, 0.3) is 11.8 Å². The van der Waals surface area contributed by atoms with Gasteiger partial charge in [0.05, 0.1) is 17.7 Å². The number of thioether (sulfide) groups is 1. The molecular weight excluding hydrogens is 466 g/mol. The van der Waals surface area contributed by atoms with Crippen molar-refractivity contribution in [2.24, 2.45) is 4.99 Å². The average Bonchev–Trinajstić information content (AvgIpc) is 3.42. The third-order valence-electron chi connectivity index (χ3n) is 6.05. The number of aryl methyl sites for hydroxylation is 1. The van der Waals surface area contributed by atoms with Gasteiger partial charge in [-0.25, -0.2) is 4.99 Å². The minimum atomic E-state index is -0.0225. The van der Waals surface area contributed by atoms with Gasteiger partial charge in [-0.2, -0.15) is 0 Å². The smallest absolute Gasteiger partial charge is 0.266 e. The number of rotatable bonds is 7. The summed E-state index contributed by atoms with van der Waals surface area (Å²) >= 11 is 1.43. The number of methoxy groups -OCH3 is 1. The number of aliphatic imine (C=N–C) groups is 1. The van der Waals surface area contributed by atoms with E-state index in [0.717, 1.165) is 34.9 Å². The number of amidine groups is 1. The fourth-order valence-corrected chi connectivity index (χ4v) is 5.19. The Morgan fingerprint density at radius 1 is 0.889 bits per heavy atom. The molecule has 0 unspecified atom stereocenters. The minimum absolute atomic E-state index is 0.0225. The van der Waals surface area contributed by atoms with Crippen molar-refractivity contribution in [3.8, 4) is 11.4 Å². The average molecular weight is 494 g/mol. The van der Waals surface area contributed by atoms with E-state index < -0.39 is 0 Å². The number of benzene rings is 3. The van der Waals surface area contributed by atoms with Crippen molar-refractivity contribution in [3.05, 3.63) is 119 Å². The van der Waals surface area contributed by atoms with Gasteiger partial charge in [-0.15, -0.1) is 0 Å². The first-order valence-electron chi connectivity index (χ1n) is 11.8. The maximum atomic E-state index is 13.6. The van der Waals surface area contributed by atoms with Gasteiger partial charge in [0, 0.05) is 23.6 Å². The number of nitrogens with zero attached hydrogens (tertiary/aromatic N) is 3. The van der Waals surface area contributed by atoms with Gasteiger partial charge in [-0.1, -0.05) is 48.5 Å². The predicted molar refractivity (Wildman–Crippen MR) is 148 cm³/mol. The van der Waals surface area contributed by atoms with Crippen LogP contribution in [0.5, 0.6) is 5.75 Å². The highest BCUT2D eigenvalue weighted by Crippen LogP contribution is 2.35. The molecule has 1 aliphatic heterocycles.